The lowest BCUT2D eigenvalue weighted by Gasteiger charge is -2.35. The standard InChI is InChI=1S/C18H27N5O2/c1-6-13-14-15(19)20-11(2)21-16(14)23(13)12-8-7-9-22(10-12)17(24)25-18(3,4)5/h12,19H,6-10H2,1-5H3/p+1. The maximum absolute atomic E-state index is 12.4. The Bertz CT molecular complexity index is 825. The third kappa shape index (κ3) is 3.32. The Labute approximate surface area is 148 Å². The van der Waals surface area contributed by atoms with Crippen LogP contribution in [0.15, 0.2) is 0 Å². The van der Waals surface area contributed by atoms with Gasteiger partial charge in [0.1, 0.15) is 23.2 Å². The van der Waals surface area contributed by atoms with Gasteiger partial charge in [0.05, 0.1) is 6.54 Å². The summed E-state index contributed by atoms with van der Waals surface area (Å²) >= 11 is 0. The molecule has 136 valence electrons. The molecule has 1 unspecified atom stereocenters. The molecule has 0 radical (unpaired) electrons. The van der Waals surface area contributed by atoms with Gasteiger partial charge in [-0.1, -0.05) is 6.92 Å². The Hall–Kier alpha value is -2.18. The minimum Gasteiger partial charge on any atom is -0.444 e. The summed E-state index contributed by atoms with van der Waals surface area (Å²) in [4.78, 5) is 23.1. The second-order valence-corrected chi connectivity index (χ2v) is 7.75. The van der Waals surface area contributed by atoms with Gasteiger partial charge >= 0.3 is 11.6 Å². The molecule has 1 fully saturated rings. The van der Waals surface area contributed by atoms with E-state index in [0.29, 0.717) is 18.2 Å². The van der Waals surface area contributed by atoms with Crippen LogP contribution in [0.25, 0.3) is 5.70 Å². The van der Waals surface area contributed by atoms with Crippen molar-refractivity contribution in [3.63, 3.8) is 0 Å². The zero-order chi connectivity index (χ0) is 18.4. The molecule has 3 heterocycles. The van der Waals surface area contributed by atoms with Crippen LogP contribution in [0, 0.1) is 6.92 Å². The van der Waals surface area contributed by atoms with E-state index in [2.05, 4.69) is 21.5 Å². The summed E-state index contributed by atoms with van der Waals surface area (Å²) < 4.78 is 7.78. The van der Waals surface area contributed by atoms with Gasteiger partial charge in [-0.15, -0.1) is 0 Å². The smallest absolute Gasteiger partial charge is 0.410 e. The number of nitrogen functional groups attached to an aromatic ring is 1. The van der Waals surface area contributed by atoms with Crippen LogP contribution in [0.2, 0.25) is 0 Å². The van der Waals surface area contributed by atoms with Crippen molar-refractivity contribution in [3.8, 4) is 0 Å². The van der Waals surface area contributed by atoms with Gasteiger partial charge in [-0.05, 0) is 38.6 Å². The summed E-state index contributed by atoms with van der Waals surface area (Å²) in [6.45, 7) is 11.0. The molecule has 7 heteroatoms. The fraction of sp³-hybridized carbons (Fsp3) is 0.667. The molecule has 1 aromatic rings. The van der Waals surface area contributed by atoms with Gasteiger partial charge in [-0.3, -0.25) is 0 Å². The summed E-state index contributed by atoms with van der Waals surface area (Å²) in [6, 6.07) is 0.206. The summed E-state index contributed by atoms with van der Waals surface area (Å²) in [5, 5.41) is 0.975. The number of ether oxygens (including phenoxy) is 1. The molecule has 2 aliphatic rings. The molecule has 1 amide bonds. The second-order valence-electron chi connectivity index (χ2n) is 7.75. The molecule has 0 aromatic carbocycles. The highest BCUT2D eigenvalue weighted by atomic mass is 16.6. The maximum Gasteiger partial charge on any atom is 0.410 e. The number of anilines is 1. The molecule has 25 heavy (non-hydrogen) atoms. The number of nitrogens with zero attached hydrogens (tertiary/aromatic N) is 4. The molecule has 2 aliphatic heterocycles. The van der Waals surface area contributed by atoms with E-state index in [1.807, 2.05) is 32.6 Å². The Morgan fingerprint density at radius 2 is 2.12 bits per heavy atom. The van der Waals surface area contributed by atoms with Gasteiger partial charge in [0.15, 0.2) is 5.22 Å². The minimum atomic E-state index is -0.479. The fourth-order valence-corrected chi connectivity index (χ4v) is 3.62. The van der Waals surface area contributed by atoms with E-state index in [1.54, 1.807) is 0 Å². The molecular formula is C18H28N5O2+. The minimum absolute atomic E-state index is 0.206. The largest absolute Gasteiger partial charge is 0.444 e. The van der Waals surface area contributed by atoms with Crippen molar-refractivity contribution >= 4 is 17.6 Å². The molecule has 1 atom stereocenters. The van der Waals surface area contributed by atoms with Crippen LogP contribution in [-0.4, -0.2) is 45.7 Å². The Kier molecular flexibility index (Phi) is 4.43. The van der Waals surface area contributed by atoms with Crippen molar-refractivity contribution in [1.82, 2.24) is 19.4 Å². The number of piperidine rings is 1. The van der Waals surface area contributed by atoms with Crippen molar-refractivity contribution < 1.29 is 9.53 Å². The number of aromatic nitrogens is 2. The average Bonchev–Trinajstić information content (AvgIpc) is 2.48. The third-order valence-corrected chi connectivity index (χ3v) is 4.59. The second kappa shape index (κ2) is 6.28. The van der Waals surface area contributed by atoms with Gasteiger partial charge in [0.25, 0.3) is 0 Å². The Morgan fingerprint density at radius 3 is 2.76 bits per heavy atom. The number of likely N-dealkylation sites (tertiary alicyclic amines) is 1. The SMILES string of the molecule is CCC1=c2c(N)nc(C)nc2=[N+]1C1CCCN(C(=O)OC(C)(C)C)C1. The predicted octanol–water partition coefficient (Wildman–Crippen LogP) is 0.790. The number of carbonyl (C=O) groups excluding carboxylic acids is 1. The number of rotatable bonds is 2. The van der Waals surface area contributed by atoms with E-state index in [4.69, 9.17) is 10.5 Å². The number of nitrogens with two attached hydrogens (primary N) is 1. The van der Waals surface area contributed by atoms with E-state index in [-0.39, 0.29) is 12.1 Å². The van der Waals surface area contributed by atoms with Crippen molar-refractivity contribution in [2.45, 2.75) is 65.5 Å². The molecule has 3 rings (SSSR count). The zero-order valence-electron chi connectivity index (χ0n) is 15.8. The number of hydrogen-bond donors (Lipinski definition) is 1. The molecule has 0 saturated carbocycles. The quantitative estimate of drug-likeness (QED) is 0.801. The Morgan fingerprint density at radius 1 is 1.40 bits per heavy atom. The first-order chi connectivity index (χ1) is 11.7. The van der Waals surface area contributed by atoms with E-state index in [1.165, 1.54) is 5.70 Å². The van der Waals surface area contributed by atoms with Gasteiger partial charge in [0.2, 0.25) is 5.82 Å². The van der Waals surface area contributed by atoms with Crippen molar-refractivity contribution in [2.24, 2.45) is 0 Å². The fourth-order valence-electron chi connectivity index (χ4n) is 3.62. The molecular weight excluding hydrogens is 318 g/mol. The number of aryl methyl sites for hydroxylation is 1. The Balaban J connectivity index is 1.88. The lowest BCUT2D eigenvalue weighted by atomic mass is 10.0. The highest BCUT2D eigenvalue weighted by molar-refractivity contribution is 5.68. The third-order valence-electron chi connectivity index (χ3n) is 4.59. The van der Waals surface area contributed by atoms with E-state index in [9.17, 15) is 4.79 Å². The lowest BCUT2D eigenvalue weighted by Crippen LogP contribution is -2.62. The van der Waals surface area contributed by atoms with E-state index >= 15 is 0 Å². The number of amides is 1. The van der Waals surface area contributed by atoms with Gasteiger partial charge in [-0.2, -0.15) is 4.98 Å². The molecule has 1 aromatic heterocycles. The molecule has 7 nitrogen and oxygen atoms in total. The van der Waals surface area contributed by atoms with Gasteiger partial charge < -0.3 is 15.4 Å². The summed E-state index contributed by atoms with van der Waals surface area (Å²) in [5.41, 5.74) is 7.68. The first-order valence-corrected chi connectivity index (χ1v) is 8.98. The first-order valence-electron chi connectivity index (χ1n) is 8.98. The normalized spacial score (nSPS) is 20.2. The molecule has 0 aliphatic carbocycles. The van der Waals surface area contributed by atoms with Crippen LogP contribution in [-0.2, 0) is 4.74 Å². The number of fused-ring (bicyclic) bond motifs is 1. The van der Waals surface area contributed by atoms with E-state index in [0.717, 1.165) is 36.5 Å². The van der Waals surface area contributed by atoms with E-state index < -0.39 is 5.60 Å². The number of carbonyl (C=O) groups is 1. The topological polar surface area (TPSA) is 84.4 Å². The van der Waals surface area contributed by atoms with Crippen molar-refractivity contribution in [1.29, 1.82) is 0 Å². The van der Waals surface area contributed by atoms with Crippen LogP contribution in [0.3, 0.4) is 0 Å². The lowest BCUT2D eigenvalue weighted by molar-refractivity contribution is 0.0184. The van der Waals surface area contributed by atoms with Crippen LogP contribution in [0.5, 0.6) is 0 Å². The van der Waals surface area contributed by atoms with Crippen LogP contribution in [0.4, 0.5) is 10.6 Å². The monoisotopic (exact) mass is 346 g/mol. The predicted molar refractivity (Wildman–Crippen MR) is 96.2 cm³/mol. The van der Waals surface area contributed by atoms with Crippen molar-refractivity contribution in [2.75, 3.05) is 18.8 Å². The highest BCUT2D eigenvalue weighted by Gasteiger charge is 2.37. The zero-order valence-corrected chi connectivity index (χ0v) is 15.8. The van der Waals surface area contributed by atoms with Crippen LogP contribution >= 0.6 is 0 Å². The first kappa shape index (κ1) is 17.6. The van der Waals surface area contributed by atoms with Crippen LogP contribution in [0.1, 0.15) is 52.8 Å². The number of hydrogen-bond acceptors (Lipinski definition) is 5. The van der Waals surface area contributed by atoms with Gasteiger partial charge in [-0.25, -0.2) is 9.37 Å². The van der Waals surface area contributed by atoms with Crippen LogP contribution < -0.4 is 21.0 Å². The highest BCUT2D eigenvalue weighted by Crippen LogP contribution is 2.19. The molecule has 1 saturated heterocycles. The maximum atomic E-state index is 12.4. The summed E-state index contributed by atoms with van der Waals surface area (Å²) in [7, 11) is 0. The van der Waals surface area contributed by atoms with Gasteiger partial charge in [0, 0.05) is 19.9 Å². The molecule has 2 N–H and O–H groups in total. The summed E-state index contributed by atoms with van der Waals surface area (Å²) in [6.07, 6.45) is 2.60. The van der Waals surface area contributed by atoms with Crippen molar-refractivity contribution in [3.05, 3.63) is 16.5 Å². The molecule has 0 spiro atoms. The average molecular weight is 346 g/mol. The molecule has 0 bridgehead atoms. The summed E-state index contributed by atoms with van der Waals surface area (Å²) in [5.74, 6) is 1.23.